The van der Waals surface area contributed by atoms with Crippen molar-refractivity contribution in [2.45, 2.75) is 32.6 Å². The number of pyridine rings is 1. The Bertz CT molecular complexity index is 403. The minimum Gasteiger partial charge on any atom is -0.354 e. The number of halogens is 2. The molecule has 4 nitrogen and oxygen atoms in total. The van der Waals surface area contributed by atoms with E-state index in [0.717, 1.165) is 37.6 Å². The molecule has 0 radical (unpaired) electrons. The van der Waals surface area contributed by atoms with Gasteiger partial charge in [-0.15, -0.1) is 0 Å². The molecule has 1 aliphatic rings. The molecule has 1 saturated heterocycles. The molecule has 22 heavy (non-hydrogen) atoms. The van der Waals surface area contributed by atoms with Crippen molar-refractivity contribution >= 4 is 5.82 Å². The number of hydrogen-bond donors (Lipinski definition) is 2. The quantitative estimate of drug-likeness (QED) is 0.845. The van der Waals surface area contributed by atoms with Crippen LogP contribution in [0.25, 0.3) is 0 Å². The van der Waals surface area contributed by atoms with Crippen LogP contribution in [0.1, 0.15) is 25.8 Å². The molecule has 0 spiro atoms. The molecule has 0 aromatic carbocycles. The Morgan fingerprint density at radius 2 is 1.95 bits per heavy atom. The molecule has 0 saturated carbocycles. The number of rotatable bonds is 6. The lowest BCUT2D eigenvalue weighted by Crippen LogP contribution is -2.43. The van der Waals surface area contributed by atoms with Crippen molar-refractivity contribution in [1.29, 1.82) is 0 Å². The third kappa shape index (κ3) is 6.23. The Morgan fingerprint density at radius 1 is 1.27 bits per heavy atom. The van der Waals surface area contributed by atoms with E-state index in [4.69, 9.17) is 0 Å². The maximum absolute atomic E-state index is 13.4. The number of anilines is 1. The zero-order valence-corrected chi connectivity index (χ0v) is 13.8. The van der Waals surface area contributed by atoms with Gasteiger partial charge >= 0.3 is 0 Å². The number of aryl methyl sites for hydroxylation is 1. The zero-order chi connectivity index (χ0) is 16.4. The van der Waals surface area contributed by atoms with Crippen molar-refractivity contribution in [1.82, 2.24) is 15.6 Å². The first-order valence-corrected chi connectivity index (χ1v) is 8.04. The molecule has 1 fully saturated rings. The van der Waals surface area contributed by atoms with Gasteiger partial charge < -0.3 is 15.5 Å². The van der Waals surface area contributed by atoms with Crippen molar-refractivity contribution in [2.75, 3.05) is 44.7 Å². The second kappa shape index (κ2) is 9.69. The number of hydrogen-bond acceptors (Lipinski definition) is 4. The molecule has 2 rings (SSSR count). The lowest BCUT2D eigenvalue weighted by atomic mass is 10.1. The largest absolute Gasteiger partial charge is 0.354 e. The number of nitrogens with zero attached hydrogens (tertiary/aromatic N) is 2. The highest BCUT2D eigenvalue weighted by Gasteiger charge is 2.27. The van der Waals surface area contributed by atoms with E-state index in [9.17, 15) is 8.78 Å². The molecule has 0 atom stereocenters. The molecule has 0 unspecified atom stereocenters. The summed E-state index contributed by atoms with van der Waals surface area (Å²) < 4.78 is 26.8. The minimum atomic E-state index is -2.66. The number of piperazine rings is 1. The van der Waals surface area contributed by atoms with Crippen LogP contribution >= 0.6 is 0 Å². The van der Waals surface area contributed by atoms with Crippen LogP contribution in [0.15, 0.2) is 18.3 Å². The molecule has 2 N–H and O–H groups in total. The normalized spacial score (nSPS) is 15.2. The third-order valence-corrected chi connectivity index (χ3v) is 3.46. The van der Waals surface area contributed by atoms with Gasteiger partial charge in [0.25, 0.3) is 5.92 Å². The van der Waals surface area contributed by atoms with Gasteiger partial charge in [0, 0.05) is 38.8 Å². The summed E-state index contributed by atoms with van der Waals surface area (Å²) in [6.07, 6.45) is 1.92. The first-order valence-electron chi connectivity index (χ1n) is 8.04. The van der Waals surface area contributed by atoms with Crippen molar-refractivity contribution in [3.05, 3.63) is 23.9 Å². The van der Waals surface area contributed by atoms with E-state index in [1.54, 1.807) is 6.20 Å². The van der Waals surface area contributed by atoms with Crippen LogP contribution in [0, 0.1) is 0 Å². The van der Waals surface area contributed by atoms with Crippen LogP contribution in [0.2, 0.25) is 0 Å². The molecule has 1 aliphatic heterocycles. The van der Waals surface area contributed by atoms with Crippen molar-refractivity contribution in [3.8, 4) is 0 Å². The van der Waals surface area contributed by atoms with Gasteiger partial charge in [-0.3, -0.25) is 0 Å². The first-order chi connectivity index (χ1) is 10.6. The van der Waals surface area contributed by atoms with E-state index < -0.39 is 5.92 Å². The van der Waals surface area contributed by atoms with Crippen LogP contribution in [-0.4, -0.2) is 50.7 Å². The molecule has 2 heterocycles. The maximum Gasteiger partial charge on any atom is 0.260 e. The van der Waals surface area contributed by atoms with Gasteiger partial charge in [0.15, 0.2) is 0 Å². The second-order valence-corrected chi connectivity index (χ2v) is 5.15. The van der Waals surface area contributed by atoms with E-state index in [2.05, 4.69) is 20.5 Å². The average Bonchev–Trinajstić information content (AvgIpc) is 2.56. The van der Waals surface area contributed by atoms with Gasteiger partial charge in [-0.1, -0.05) is 19.9 Å². The highest BCUT2D eigenvalue weighted by Crippen LogP contribution is 2.20. The van der Waals surface area contributed by atoms with Crippen molar-refractivity contribution in [2.24, 2.45) is 0 Å². The van der Waals surface area contributed by atoms with Crippen LogP contribution in [-0.2, 0) is 6.42 Å². The predicted octanol–water partition coefficient (Wildman–Crippen LogP) is 2.30. The molecule has 0 bridgehead atoms. The molecule has 6 heteroatoms. The van der Waals surface area contributed by atoms with Gasteiger partial charge in [-0.05, 0) is 25.1 Å². The van der Waals surface area contributed by atoms with Crippen molar-refractivity contribution in [3.63, 3.8) is 0 Å². The smallest absolute Gasteiger partial charge is 0.260 e. The Kier molecular flexibility index (Phi) is 8.27. The standard InChI is InChI=1S/C14H22F2N4.C2H6/c1-17-11-14(15,16)5-4-12-2-3-13(19-10-12)20-8-6-18-7-9-20;1-2/h2-3,10,17-18H,4-9,11H2,1H3;1-2H3. The summed E-state index contributed by atoms with van der Waals surface area (Å²) in [6, 6.07) is 3.83. The monoisotopic (exact) mass is 314 g/mol. The molecule has 126 valence electrons. The topological polar surface area (TPSA) is 40.2 Å². The molecule has 1 aromatic heterocycles. The summed E-state index contributed by atoms with van der Waals surface area (Å²) in [5.41, 5.74) is 0.861. The van der Waals surface area contributed by atoms with Crippen LogP contribution in [0.5, 0.6) is 0 Å². The van der Waals surface area contributed by atoms with Crippen LogP contribution < -0.4 is 15.5 Å². The number of nitrogens with one attached hydrogen (secondary N) is 2. The van der Waals surface area contributed by atoms with E-state index >= 15 is 0 Å². The van der Waals surface area contributed by atoms with Gasteiger partial charge in [-0.25, -0.2) is 13.8 Å². The average molecular weight is 314 g/mol. The van der Waals surface area contributed by atoms with Crippen molar-refractivity contribution < 1.29 is 8.78 Å². The van der Waals surface area contributed by atoms with Crippen LogP contribution in [0.3, 0.4) is 0 Å². The van der Waals surface area contributed by atoms with Gasteiger partial charge in [0.05, 0.1) is 6.54 Å². The minimum absolute atomic E-state index is 0.150. The molecular formula is C16H28F2N4. The Balaban J connectivity index is 0.00000116. The Labute approximate surface area is 132 Å². The first kappa shape index (κ1) is 18.8. The Morgan fingerprint density at radius 3 is 2.50 bits per heavy atom. The van der Waals surface area contributed by atoms with E-state index in [1.165, 1.54) is 7.05 Å². The molecule has 0 aliphatic carbocycles. The molecular weight excluding hydrogens is 286 g/mol. The summed E-state index contributed by atoms with van der Waals surface area (Å²) >= 11 is 0. The highest BCUT2D eigenvalue weighted by molar-refractivity contribution is 5.39. The zero-order valence-electron chi connectivity index (χ0n) is 13.8. The highest BCUT2D eigenvalue weighted by atomic mass is 19.3. The number of aromatic nitrogens is 1. The fourth-order valence-corrected chi connectivity index (χ4v) is 2.32. The van der Waals surface area contributed by atoms with Gasteiger partial charge in [0.1, 0.15) is 5.82 Å². The lowest BCUT2D eigenvalue weighted by Gasteiger charge is -2.28. The summed E-state index contributed by atoms with van der Waals surface area (Å²) in [5.74, 6) is -1.73. The summed E-state index contributed by atoms with van der Waals surface area (Å²) in [6.45, 7) is 7.51. The summed E-state index contributed by atoms with van der Waals surface area (Å²) in [5, 5.41) is 5.80. The summed E-state index contributed by atoms with van der Waals surface area (Å²) in [4.78, 5) is 6.59. The second-order valence-electron chi connectivity index (χ2n) is 5.15. The molecule has 1 aromatic rings. The van der Waals surface area contributed by atoms with Gasteiger partial charge in [-0.2, -0.15) is 0 Å². The Hall–Kier alpha value is -1.27. The fourth-order valence-electron chi connectivity index (χ4n) is 2.32. The number of alkyl halides is 2. The molecule has 0 amide bonds. The third-order valence-electron chi connectivity index (χ3n) is 3.46. The van der Waals surface area contributed by atoms with E-state index in [-0.39, 0.29) is 13.0 Å². The van der Waals surface area contributed by atoms with Gasteiger partial charge in [0.2, 0.25) is 0 Å². The SMILES string of the molecule is CC.CNCC(F)(F)CCc1ccc(N2CCNCC2)nc1. The fraction of sp³-hybridized carbons (Fsp3) is 0.688. The lowest BCUT2D eigenvalue weighted by molar-refractivity contribution is -0.00431. The van der Waals surface area contributed by atoms with E-state index in [1.807, 2.05) is 26.0 Å². The maximum atomic E-state index is 13.4. The van der Waals surface area contributed by atoms with E-state index in [0.29, 0.717) is 6.42 Å². The van der Waals surface area contributed by atoms with Crippen LogP contribution in [0.4, 0.5) is 14.6 Å². The predicted molar refractivity (Wildman–Crippen MR) is 87.9 cm³/mol. The summed E-state index contributed by atoms with van der Waals surface area (Å²) in [7, 11) is 1.54.